The fraction of sp³-hybridized carbons (Fsp3) is 0.314. The maximum absolute atomic E-state index is 12.5. The zero-order chi connectivity index (χ0) is 48.1. The van der Waals surface area contributed by atoms with Crippen molar-refractivity contribution in [1.82, 2.24) is 39.4 Å². The molecule has 0 unspecified atom stereocenters. The van der Waals surface area contributed by atoms with E-state index in [9.17, 15) is 13.2 Å². The summed E-state index contributed by atoms with van der Waals surface area (Å²) >= 11 is 3.46. The lowest BCUT2D eigenvalue weighted by Gasteiger charge is -2.45. The second-order valence-electron chi connectivity index (χ2n) is 18.8. The number of benzene rings is 4. The van der Waals surface area contributed by atoms with E-state index in [1.54, 1.807) is 45.7 Å². The van der Waals surface area contributed by atoms with Crippen LogP contribution < -0.4 is 20.3 Å². The lowest BCUT2D eigenvalue weighted by atomic mass is 10.00. The number of halogens is 1. The van der Waals surface area contributed by atoms with Gasteiger partial charge in [-0.05, 0) is 117 Å². The van der Waals surface area contributed by atoms with Crippen LogP contribution in [0, 0.1) is 0 Å². The number of piperazine rings is 2. The van der Waals surface area contributed by atoms with Gasteiger partial charge >= 0.3 is 6.09 Å². The smallest absolute Gasteiger partial charge is 0.410 e. The van der Waals surface area contributed by atoms with Crippen molar-refractivity contribution in [2.24, 2.45) is 5.14 Å². The van der Waals surface area contributed by atoms with E-state index in [0.717, 1.165) is 67.7 Å². The predicted octanol–water partition coefficient (Wildman–Crippen LogP) is 9.04. The summed E-state index contributed by atoms with van der Waals surface area (Å²) in [5.74, 6) is 0. The van der Waals surface area contributed by atoms with E-state index >= 15 is 0 Å². The van der Waals surface area contributed by atoms with Crippen LogP contribution in [0.4, 0.5) is 16.2 Å². The quantitative estimate of drug-likeness (QED) is 0.163. The predicted molar refractivity (Wildman–Crippen MR) is 272 cm³/mol. The number of fused-ring (bicyclic) bond motifs is 3. The van der Waals surface area contributed by atoms with Gasteiger partial charge in [-0.25, -0.2) is 37.4 Å². The number of hydrogen-bond acceptors (Lipinski definition) is 11. The number of anilines is 2. The van der Waals surface area contributed by atoms with Crippen LogP contribution in [0.2, 0.25) is 0 Å². The normalized spacial score (nSPS) is 19.0. The Morgan fingerprint density at radius 1 is 0.662 bits per heavy atom. The lowest BCUT2D eigenvalue weighted by molar-refractivity contribution is 0.0193. The van der Waals surface area contributed by atoms with Crippen molar-refractivity contribution < 1.29 is 17.9 Å². The fourth-order valence-electron chi connectivity index (χ4n) is 9.56. The molecule has 0 spiro atoms. The third-order valence-electron chi connectivity index (χ3n) is 12.5. The summed E-state index contributed by atoms with van der Waals surface area (Å²) in [7, 11) is -3.85. The molecule has 68 heavy (non-hydrogen) atoms. The van der Waals surface area contributed by atoms with Crippen LogP contribution in [0.15, 0.2) is 131 Å². The Morgan fingerprint density at radius 3 is 1.74 bits per heavy atom. The topological polar surface area (TPSA) is 169 Å². The molecule has 2 saturated heterocycles. The molecule has 2 aliphatic rings. The molecular formula is C51H56BrN11O4S. The summed E-state index contributed by atoms with van der Waals surface area (Å²) in [6, 6.07) is 29.0. The number of aromatic nitrogens is 6. The van der Waals surface area contributed by atoms with Gasteiger partial charge in [0.15, 0.2) is 11.3 Å². The minimum atomic E-state index is -3.85. The summed E-state index contributed by atoms with van der Waals surface area (Å²) < 4.78 is 34.2. The Balaban J connectivity index is 0.000000173. The number of hydrogen-bond donors (Lipinski definition) is 2. The van der Waals surface area contributed by atoms with Gasteiger partial charge in [0.2, 0.25) is 10.0 Å². The molecule has 17 heteroatoms. The summed E-state index contributed by atoms with van der Waals surface area (Å²) in [5.41, 5.74) is 9.14. The van der Waals surface area contributed by atoms with Crippen LogP contribution in [0.3, 0.4) is 0 Å². The summed E-state index contributed by atoms with van der Waals surface area (Å²) in [6.07, 6.45) is 10.9. The van der Waals surface area contributed by atoms with E-state index < -0.39 is 15.6 Å². The van der Waals surface area contributed by atoms with E-state index in [-0.39, 0.29) is 23.1 Å². The highest BCUT2D eigenvalue weighted by molar-refractivity contribution is 9.10. The molecule has 0 saturated carbocycles. The number of ether oxygens (including phenoxy) is 1. The molecule has 4 atom stereocenters. The number of nitrogens with zero attached hydrogens (tertiary/aromatic N) is 9. The van der Waals surface area contributed by atoms with Gasteiger partial charge < -0.3 is 24.8 Å². The third kappa shape index (κ3) is 9.52. The maximum atomic E-state index is 12.5. The van der Waals surface area contributed by atoms with Crippen molar-refractivity contribution in [2.75, 3.05) is 36.0 Å². The monoisotopic (exact) mass is 997 g/mol. The average Bonchev–Trinajstić information content (AvgIpc) is 3.90. The number of amides is 1. The van der Waals surface area contributed by atoms with Gasteiger partial charge in [0.05, 0.1) is 21.8 Å². The number of carbonyl (C=O) groups is 1. The molecule has 0 bridgehead atoms. The van der Waals surface area contributed by atoms with Gasteiger partial charge in [-0.2, -0.15) is 10.2 Å². The van der Waals surface area contributed by atoms with Gasteiger partial charge in [0.25, 0.3) is 0 Å². The highest BCUT2D eigenvalue weighted by atomic mass is 79.9. The minimum absolute atomic E-state index is 0.103. The second-order valence-corrected chi connectivity index (χ2v) is 21.2. The standard InChI is InChI=1S/C28H28N6O2S.C23H28BrN5O2/c1-18-13-30-14-19(2)34(18)22-9-7-20(8-10-22)21-15-31-28-26(16-32-33(28)17-21)24-11-12-27(37(29,35)36)25-6-4-3-5-23(24)25;1-15-12-27(22(30)31-23(3,4)5)13-16(2)29(15)19-8-6-17(7-9-19)18-10-25-21-20(24)11-26-28(21)14-18/h3-12,15-19,30H,13-14H2,1-2H3,(H2,29,35,36);6-11,14-16H,12-13H2,1-5H3/t18-,19+;15-,16+. The Bertz CT molecular complexity index is 3220. The Kier molecular flexibility index (Phi) is 12.8. The van der Waals surface area contributed by atoms with Crippen molar-refractivity contribution in [2.45, 2.75) is 83.1 Å². The molecular weight excluding hydrogens is 943 g/mol. The summed E-state index contributed by atoms with van der Waals surface area (Å²) in [4.78, 5) is 28.5. The van der Waals surface area contributed by atoms with Crippen molar-refractivity contribution in [3.63, 3.8) is 0 Å². The zero-order valence-electron chi connectivity index (χ0n) is 39.2. The molecule has 6 heterocycles. The number of nitrogens with two attached hydrogens (primary N) is 1. The van der Waals surface area contributed by atoms with E-state index in [1.807, 2.05) is 62.6 Å². The highest BCUT2D eigenvalue weighted by Crippen LogP contribution is 2.35. The zero-order valence-corrected chi connectivity index (χ0v) is 41.6. The van der Waals surface area contributed by atoms with E-state index in [0.29, 0.717) is 36.2 Å². The SMILES string of the molecule is C[C@@H]1CN(C(=O)OC(C)(C)C)C[C@H](C)N1c1ccc(-c2cnc3c(Br)cnn3c2)cc1.C[C@@H]1CNC[C@H](C)N1c1ccc(-c2cnc3c(-c4ccc(S(N)(=O)=O)c5ccccc45)cnn3c2)cc1. The number of carbonyl (C=O) groups excluding carboxylic acids is 1. The molecule has 1 amide bonds. The molecule has 4 aromatic carbocycles. The number of sulfonamides is 1. The molecule has 2 aliphatic heterocycles. The van der Waals surface area contributed by atoms with Crippen molar-refractivity contribution in [3.05, 3.63) is 127 Å². The van der Waals surface area contributed by atoms with Crippen molar-refractivity contribution in [3.8, 4) is 33.4 Å². The second kappa shape index (κ2) is 18.6. The Hall–Kier alpha value is -6.40. The molecule has 3 N–H and O–H groups in total. The number of rotatable bonds is 6. The van der Waals surface area contributed by atoms with Gasteiger partial charge in [-0.15, -0.1) is 0 Å². The molecule has 352 valence electrons. The van der Waals surface area contributed by atoms with Gasteiger partial charge in [-0.3, -0.25) is 0 Å². The first-order valence-corrected chi connectivity index (χ1v) is 25.1. The maximum Gasteiger partial charge on any atom is 0.410 e. The van der Waals surface area contributed by atoms with E-state index in [1.165, 1.54) is 5.69 Å². The van der Waals surface area contributed by atoms with E-state index in [2.05, 4.69) is 122 Å². The first kappa shape index (κ1) is 46.7. The number of nitrogens with one attached hydrogen (secondary N) is 1. The first-order valence-electron chi connectivity index (χ1n) is 22.8. The van der Waals surface area contributed by atoms with Crippen LogP contribution >= 0.6 is 15.9 Å². The molecule has 4 aromatic heterocycles. The Labute approximate surface area is 405 Å². The molecule has 2 fully saturated rings. The molecule has 0 radical (unpaired) electrons. The van der Waals surface area contributed by atoms with Crippen LogP contribution in [-0.2, 0) is 14.8 Å². The lowest BCUT2D eigenvalue weighted by Crippen LogP contribution is -2.58. The van der Waals surface area contributed by atoms with Crippen LogP contribution in [0.5, 0.6) is 0 Å². The number of primary sulfonamides is 1. The van der Waals surface area contributed by atoms with Crippen LogP contribution in [-0.4, -0.2) is 105 Å². The van der Waals surface area contributed by atoms with Gasteiger partial charge in [0.1, 0.15) is 5.60 Å². The first-order chi connectivity index (χ1) is 32.4. The Morgan fingerprint density at radius 2 is 1.18 bits per heavy atom. The van der Waals surface area contributed by atoms with E-state index in [4.69, 9.17) is 14.9 Å². The molecule has 10 rings (SSSR count). The summed E-state index contributed by atoms with van der Waals surface area (Å²) in [6.45, 7) is 17.7. The highest BCUT2D eigenvalue weighted by Gasteiger charge is 2.34. The fourth-order valence-corrected chi connectivity index (χ4v) is 10.7. The van der Waals surface area contributed by atoms with Crippen LogP contribution in [0.25, 0.3) is 55.4 Å². The third-order valence-corrected chi connectivity index (χ3v) is 14.1. The average molecular weight is 999 g/mol. The largest absolute Gasteiger partial charge is 0.444 e. The minimum Gasteiger partial charge on any atom is -0.444 e. The molecule has 0 aliphatic carbocycles. The van der Waals surface area contributed by atoms with Crippen molar-refractivity contribution >= 4 is 65.5 Å². The van der Waals surface area contributed by atoms with Gasteiger partial charge in [-0.1, -0.05) is 54.6 Å². The molecule has 8 aromatic rings. The van der Waals surface area contributed by atoms with Gasteiger partial charge in [0, 0.05) is 109 Å². The summed E-state index contributed by atoms with van der Waals surface area (Å²) in [5, 5.41) is 19.2. The molecule has 15 nitrogen and oxygen atoms in total. The van der Waals surface area contributed by atoms with Crippen LogP contribution in [0.1, 0.15) is 48.5 Å². The van der Waals surface area contributed by atoms with Crippen molar-refractivity contribution in [1.29, 1.82) is 0 Å².